The molecule has 1 amide bonds. The number of carboxylic acid groups (broad SMARTS) is 1. The third-order valence-corrected chi connectivity index (χ3v) is 6.60. The van der Waals surface area contributed by atoms with Crippen LogP contribution in [0.1, 0.15) is 54.8 Å². The highest BCUT2D eigenvalue weighted by molar-refractivity contribution is 5.80. The van der Waals surface area contributed by atoms with Crippen LogP contribution in [0.2, 0.25) is 0 Å². The average Bonchev–Trinajstić information content (AvgIpc) is 3.27. The van der Waals surface area contributed by atoms with Gasteiger partial charge in [-0.05, 0) is 68.1 Å². The van der Waals surface area contributed by atoms with Crippen LogP contribution in [-0.4, -0.2) is 35.1 Å². The molecule has 0 radical (unpaired) electrons. The Bertz CT molecular complexity index is 915. The Labute approximate surface area is 183 Å². The molecule has 0 saturated heterocycles. The molecule has 1 unspecified atom stereocenters. The van der Waals surface area contributed by atoms with Crippen LogP contribution in [0.5, 0.6) is 0 Å². The molecule has 1 aliphatic heterocycles. The molecule has 31 heavy (non-hydrogen) atoms. The maximum Gasteiger partial charge on any atom is 0.311 e. The number of amides is 1. The second-order valence-electron chi connectivity index (χ2n) is 8.73. The molecule has 1 aromatic heterocycles. The Morgan fingerprint density at radius 1 is 1.16 bits per heavy atom. The van der Waals surface area contributed by atoms with Gasteiger partial charge in [0.05, 0.1) is 5.92 Å². The lowest BCUT2D eigenvalue weighted by molar-refractivity contribution is -0.140. The molecule has 2 heterocycles. The van der Waals surface area contributed by atoms with E-state index in [4.69, 9.17) is 4.98 Å². The molecule has 1 saturated carbocycles. The lowest BCUT2D eigenvalue weighted by Gasteiger charge is -2.20. The number of aromatic nitrogens is 1. The molecule has 0 bridgehead atoms. The maximum absolute atomic E-state index is 12.6. The zero-order valence-corrected chi connectivity index (χ0v) is 17.8. The van der Waals surface area contributed by atoms with E-state index in [0.717, 1.165) is 62.1 Å². The van der Waals surface area contributed by atoms with Crippen LogP contribution >= 0.6 is 0 Å². The van der Waals surface area contributed by atoms with Crippen LogP contribution in [0.25, 0.3) is 0 Å². The number of nitrogens with zero attached hydrogens (tertiary/aromatic N) is 1. The maximum atomic E-state index is 12.6. The molecule has 1 aliphatic carbocycles. The van der Waals surface area contributed by atoms with Crippen molar-refractivity contribution in [2.75, 3.05) is 18.4 Å². The van der Waals surface area contributed by atoms with Gasteiger partial charge in [0, 0.05) is 24.7 Å². The minimum atomic E-state index is -0.802. The number of aliphatic carboxylic acids is 1. The SMILES string of the molecule is O=C(NCCCc1ccc2c(n1)NCCC2)[C@@H]1CCC([C@H](C(=O)O)c2ccccc2)C1. The first-order valence-electron chi connectivity index (χ1n) is 11.4. The van der Waals surface area contributed by atoms with Crippen molar-refractivity contribution in [1.29, 1.82) is 0 Å². The monoisotopic (exact) mass is 421 g/mol. The van der Waals surface area contributed by atoms with Crippen molar-refractivity contribution in [3.8, 4) is 0 Å². The van der Waals surface area contributed by atoms with Crippen LogP contribution in [0.4, 0.5) is 5.82 Å². The number of carboxylic acids is 1. The van der Waals surface area contributed by atoms with E-state index < -0.39 is 11.9 Å². The fraction of sp³-hybridized carbons (Fsp3) is 0.480. The Kier molecular flexibility index (Phi) is 6.85. The van der Waals surface area contributed by atoms with Crippen molar-refractivity contribution in [1.82, 2.24) is 10.3 Å². The van der Waals surface area contributed by atoms with Crippen molar-refractivity contribution < 1.29 is 14.7 Å². The van der Waals surface area contributed by atoms with Gasteiger partial charge in [0.15, 0.2) is 0 Å². The molecule has 6 nitrogen and oxygen atoms in total. The van der Waals surface area contributed by atoms with Gasteiger partial charge in [0.1, 0.15) is 5.82 Å². The van der Waals surface area contributed by atoms with Crippen molar-refractivity contribution >= 4 is 17.7 Å². The first-order chi connectivity index (χ1) is 15.1. The fourth-order valence-electron chi connectivity index (χ4n) is 4.97. The van der Waals surface area contributed by atoms with E-state index >= 15 is 0 Å². The number of aryl methyl sites for hydroxylation is 2. The van der Waals surface area contributed by atoms with Crippen molar-refractivity contribution in [3.05, 3.63) is 59.3 Å². The number of hydrogen-bond donors (Lipinski definition) is 3. The quantitative estimate of drug-likeness (QED) is 0.565. The highest BCUT2D eigenvalue weighted by atomic mass is 16.4. The van der Waals surface area contributed by atoms with Gasteiger partial charge in [-0.2, -0.15) is 0 Å². The zero-order chi connectivity index (χ0) is 21.6. The smallest absolute Gasteiger partial charge is 0.311 e. The molecule has 3 N–H and O–H groups in total. The van der Waals surface area contributed by atoms with Gasteiger partial charge in [-0.25, -0.2) is 4.98 Å². The van der Waals surface area contributed by atoms with Crippen molar-refractivity contribution in [2.45, 2.75) is 50.9 Å². The number of rotatable bonds is 8. The number of fused-ring (bicyclic) bond motifs is 1. The number of anilines is 1. The van der Waals surface area contributed by atoms with Crippen LogP contribution < -0.4 is 10.6 Å². The van der Waals surface area contributed by atoms with Crippen LogP contribution in [0, 0.1) is 11.8 Å². The van der Waals surface area contributed by atoms with E-state index in [9.17, 15) is 14.7 Å². The molecule has 6 heteroatoms. The Morgan fingerprint density at radius 2 is 2.00 bits per heavy atom. The fourth-order valence-corrected chi connectivity index (χ4v) is 4.97. The minimum Gasteiger partial charge on any atom is -0.481 e. The van der Waals surface area contributed by atoms with E-state index in [2.05, 4.69) is 22.8 Å². The molecule has 2 aromatic rings. The summed E-state index contributed by atoms with van der Waals surface area (Å²) in [6.07, 6.45) is 6.08. The summed E-state index contributed by atoms with van der Waals surface area (Å²) in [6.45, 7) is 1.60. The summed E-state index contributed by atoms with van der Waals surface area (Å²) < 4.78 is 0. The molecule has 164 valence electrons. The van der Waals surface area contributed by atoms with Gasteiger partial charge in [-0.3, -0.25) is 9.59 Å². The second-order valence-corrected chi connectivity index (χ2v) is 8.73. The highest BCUT2D eigenvalue weighted by Crippen LogP contribution is 2.40. The van der Waals surface area contributed by atoms with Crippen LogP contribution in [-0.2, 0) is 22.4 Å². The van der Waals surface area contributed by atoms with Crippen molar-refractivity contribution in [3.63, 3.8) is 0 Å². The van der Waals surface area contributed by atoms with E-state index in [0.29, 0.717) is 13.0 Å². The number of hydrogen-bond acceptors (Lipinski definition) is 4. The number of nitrogens with one attached hydrogen (secondary N) is 2. The van der Waals surface area contributed by atoms with Crippen molar-refractivity contribution in [2.24, 2.45) is 11.8 Å². The van der Waals surface area contributed by atoms with Gasteiger partial charge in [0.25, 0.3) is 0 Å². The Morgan fingerprint density at radius 3 is 2.81 bits per heavy atom. The van der Waals surface area contributed by atoms with Gasteiger partial charge in [0.2, 0.25) is 5.91 Å². The standard InChI is InChI=1S/C25H31N3O3/c29-24(27-15-5-9-21-13-12-18-8-4-14-26-23(18)28-21)20-11-10-19(16-20)22(25(30)31)17-6-2-1-3-7-17/h1-3,6-7,12-13,19-20,22H,4-5,8-11,14-16H2,(H,26,28)(H,27,29)(H,30,31)/t19?,20-,22-/m1/s1. The zero-order valence-electron chi connectivity index (χ0n) is 17.8. The summed E-state index contributed by atoms with van der Waals surface area (Å²) in [5, 5.41) is 16.2. The van der Waals surface area contributed by atoms with Gasteiger partial charge < -0.3 is 15.7 Å². The van der Waals surface area contributed by atoms with Gasteiger partial charge >= 0.3 is 5.97 Å². The van der Waals surface area contributed by atoms with E-state index in [-0.39, 0.29) is 17.7 Å². The first-order valence-corrected chi connectivity index (χ1v) is 11.4. The lowest BCUT2D eigenvalue weighted by atomic mass is 9.84. The summed E-state index contributed by atoms with van der Waals surface area (Å²) in [5.41, 5.74) is 3.16. The molecular formula is C25H31N3O3. The molecule has 4 rings (SSSR count). The molecule has 1 fully saturated rings. The third-order valence-electron chi connectivity index (χ3n) is 6.60. The van der Waals surface area contributed by atoms with E-state index in [1.807, 2.05) is 30.3 Å². The summed E-state index contributed by atoms with van der Waals surface area (Å²) in [5.74, 6) is -0.368. The molecule has 3 atom stereocenters. The van der Waals surface area contributed by atoms with Gasteiger partial charge in [-0.1, -0.05) is 36.4 Å². The largest absolute Gasteiger partial charge is 0.481 e. The minimum absolute atomic E-state index is 0.00263. The highest BCUT2D eigenvalue weighted by Gasteiger charge is 2.38. The lowest BCUT2D eigenvalue weighted by Crippen LogP contribution is -2.31. The Balaban J connectivity index is 1.24. The molecule has 0 spiro atoms. The number of pyridine rings is 1. The Hall–Kier alpha value is -2.89. The molecule has 2 aliphatic rings. The number of carbonyl (C=O) groups is 2. The van der Waals surface area contributed by atoms with Crippen LogP contribution in [0.3, 0.4) is 0 Å². The topological polar surface area (TPSA) is 91.3 Å². The average molecular weight is 422 g/mol. The summed E-state index contributed by atoms with van der Waals surface area (Å²) in [6, 6.07) is 13.6. The second kappa shape index (κ2) is 9.94. The number of benzene rings is 1. The molecule has 1 aromatic carbocycles. The van der Waals surface area contributed by atoms with E-state index in [1.165, 1.54) is 5.56 Å². The van der Waals surface area contributed by atoms with Gasteiger partial charge in [-0.15, -0.1) is 0 Å². The number of carbonyl (C=O) groups excluding carboxylic acids is 1. The summed E-state index contributed by atoms with van der Waals surface area (Å²) in [4.78, 5) is 29.2. The first kappa shape index (κ1) is 21.3. The summed E-state index contributed by atoms with van der Waals surface area (Å²) in [7, 11) is 0. The van der Waals surface area contributed by atoms with Crippen LogP contribution in [0.15, 0.2) is 42.5 Å². The summed E-state index contributed by atoms with van der Waals surface area (Å²) >= 11 is 0. The molecular weight excluding hydrogens is 390 g/mol. The predicted molar refractivity (Wildman–Crippen MR) is 120 cm³/mol. The normalized spacial score (nSPS) is 21.0. The van der Waals surface area contributed by atoms with E-state index in [1.54, 1.807) is 0 Å². The predicted octanol–water partition coefficient (Wildman–Crippen LogP) is 3.77. The third kappa shape index (κ3) is 5.24.